The standard InChI is InChI=1S/C14H23OP.CHF3O3S/c15-10-13-8-4-5-9-14(13)16-11-12-6-2-1-3-7-12;2-1(3,4)8(5,6)7/h12,14,16H,1-9,11H2;(H,5,6,7). The van der Waals surface area contributed by atoms with E-state index in [1.165, 1.54) is 57.5 Å². The molecule has 0 saturated heterocycles. The maximum Gasteiger partial charge on any atom is 0.485 e. The van der Waals surface area contributed by atoms with Gasteiger partial charge in [-0.25, -0.2) is 13.2 Å². The Morgan fingerprint density at radius 1 is 1.08 bits per heavy atom. The van der Waals surface area contributed by atoms with E-state index in [4.69, 9.17) is 13.0 Å². The van der Waals surface area contributed by atoms with Crippen LogP contribution >= 0.6 is 8.58 Å². The number of halogens is 3. The third-order valence-electron chi connectivity index (χ3n) is 4.55. The minimum atomic E-state index is -6.09. The van der Waals surface area contributed by atoms with Gasteiger partial charge in [-0.1, -0.05) is 19.3 Å². The Morgan fingerprint density at radius 2 is 1.62 bits per heavy atom. The molecule has 0 aliphatic heterocycles. The summed E-state index contributed by atoms with van der Waals surface area (Å²) in [5.41, 5.74) is -3.84. The largest absolute Gasteiger partial charge is 0.741 e. The van der Waals surface area contributed by atoms with Crippen LogP contribution < -0.4 is 0 Å². The van der Waals surface area contributed by atoms with Crippen LogP contribution in [-0.4, -0.2) is 36.2 Å². The Bertz CT molecular complexity index is 535. The fourth-order valence-corrected chi connectivity index (χ4v) is 5.38. The lowest BCUT2D eigenvalue weighted by Crippen LogP contribution is -2.21. The third kappa shape index (κ3) is 7.64. The molecule has 2 unspecified atom stereocenters. The predicted molar refractivity (Wildman–Crippen MR) is 88.4 cm³/mol. The summed E-state index contributed by atoms with van der Waals surface area (Å²) >= 11 is 0. The molecule has 0 radical (unpaired) electrons. The highest BCUT2D eigenvalue weighted by atomic mass is 32.2. The second kappa shape index (κ2) is 9.91. The predicted octanol–water partition coefficient (Wildman–Crippen LogP) is 3.73. The van der Waals surface area contributed by atoms with Gasteiger partial charge in [0.25, 0.3) is 0 Å². The van der Waals surface area contributed by atoms with E-state index in [1.807, 2.05) is 0 Å². The monoisotopic (exact) mass is 388 g/mol. The maximum atomic E-state index is 10.9. The fraction of sp³-hybridized carbons (Fsp3) is 0.867. The summed E-state index contributed by atoms with van der Waals surface area (Å²) < 4.78 is 58.9. The molecular formula is C15H24F3O4PS. The third-order valence-corrected chi connectivity index (χ3v) is 7.36. The van der Waals surface area contributed by atoms with Crippen LogP contribution in [0.2, 0.25) is 0 Å². The van der Waals surface area contributed by atoms with Gasteiger partial charge in [-0.2, -0.15) is 13.2 Å². The summed E-state index contributed by atoms with van der Waals surface area (Å²) in [5, 5.41) is 0. The summed E-state index contributed by atoms with van der Waals surface area (Å²) in [6.07, 6.45) is 13.6. The molecule has 9 heteroatoms. The highest BCUT2D eigenvalue weighted by Gasteiger charge is 2.36. The van der Waals surface area contributed by atoms with Gasteiger partial charge in [0.2, 0.25) is 0 Å². The molecule has 2 saturated carbocycles. The first-order valence-electron chi connectivity index (χ1n) is 8.24. The Balaban J connectivity index is 0.000000307. The van der Waals surface area contributed by atoms with Gasteiger partial charge in [-0.05, 0) is 53.0 Å². The van der Waals surface area contributed by atoms with E-state index in [2.05, 4.69) is 5.94 Å². The van der Waals surface area contributed by atoms with E-state index in [1.54, 1.807) is 0 Å². The zero-order valence-electron chi connectivity index (χ0n) is 13.5. The van der Waals surface area contributed by atoms with Crippen molar-refractivity contribution in [1.29, 1.82) is 0 Å². The van der Waals surface area contributed by atoms with Crippen LogP contribution in [0, 0.1) is 5.92 Å². The normalized spacial score (nSPS) is 23.7. The molecule has 140 valence electrons. The van der Waals surface area contributed by atoms with Crippen LogP contribution in [-0.2, 0) is 14.9 Å². The molecule has 24 heavy (non-hydrogen) atoms. The second-order valence-electron chi connectivity index (χ2n) is 6.35. The Kier molecular flexibility index (Phi) is 8.93. The van der Waals surface area contributed by atoms with E-state index in [0.717, 1.165) is 17.9 Å². The number of alkyl halides is 3. The Hall–Kier alpha value is -0.420. The average Bonchev–Trinajstić information content (AvgIpc) is 2.53. The Labute approximate surface area is 142 Å². The summed E-state index contributed by atoms with van der Waals surface area (Å²) in [7, 11) is -5.61. The molecule has 4 nitrogen and oxygen atoms in total. The first-order chi connectivity index (χ1) is 11.1. The molecule has 0 heterocycles. The fourth-order valence-electron chi connectivity index (χ4n) is 3.21. The quantitative estimate of drug-likeness (QED) is 0.320. The Morgan fingerprint density at radius 3 is 2.12 bits per heavy atom. The topological polar surface area (TPSA) is 74.3 Å². The summed E-state index contributed by atoms with van der Waals surface area (Å²) in [5.74, 6) is 3.23. The highest BCUT2D eigenvalue weighted by Crippen LogP contribution is 2.39. The summed E-state index contributed by atoms with van der Waals surface area (Å²) in [6, 6.07) is 0. The van der Waals surface area contributed by atoms with Crippen molar-refractivity contribution < 1.29 is 30.9 Å². The van der Waals surface area contributed by atoms with Crippen LogP contribution in [0.5, 0.6) is 0 Å². The van der Waals surface area contributed by atoms with Gasteiger partial charge in [0.15, 0.2) is 10.1 Å². The molecule has 0 aromatic rings. The van der Waals surface area contributed by atoms with Crippen molar-refractivity contribution in [3.8, 4) is 0 Å². The molecule has 2 fully saturated rings. The van der Waals surface area contributed by atoms with Crippen LogP contribution in [0.15, 0.2) is 5.57 Å². The van der Waals surface area contributed by atoms with Crippen molar-refractivity contribution in [2.24, 2.45) is 5.92 Å². The molecule has 2 aliphatic rings. The number of allylic oxidation sites excluding steroid dienone is 1. The van der Waals surface area contributed by atoms with Crippen molar-refractivity contribution in [3.05, 3.63) is 5.57 Å². The van der Waals surface area contributed by atoms with E-state index in [-0.39, 0.29) is 0 Å². The van der Waals surface area contributed by atoms with Crippen molar-refractivity contribution in [1.82, 2.24) is 0 Å². The van der Waals surface area contributed by atoms with E-state index >= 15 is 0 Å². The zero-order chi connectivity index (χ0) is 18.2. The molecule has 0 N–H and O–H groups in total. The first-order valence-corrected chi connectivity index (χ1v) is 11.1. The molecule has 2 atom stereocenters. The van der Waals surface area contributed by atoms with Gasteiger partial charge in [0.1, 0.15) is 5.94 Å². The highest BCUT2D eigenvalue weighted by molar-refractivity contribution is 7.86. The number of hydrogen-bond donors (Lipinski definition) is 0. The van der Waals surface area contributed by atoms with Crippen molar-refractivity contribution in [2.75, 3.05) is 6.16 Å². The van der Waals surface area contributed by atoms with Crippen LogP contribution in [0.3, 0.4) is 0 Å². The van der Waals surface area contributed by atoms with Crippen LogP contribution in [0.1, 0.15) is 57.8 Å². The van der Waals surface area contributed by atoms with Crippen molar-refractivity contribution in [3.63, 3.8) is 0 Å². The first kappa shape index (κ1) is 21.6. The van der Waals surface area contributed by atoms with Crippen LogP contribution in [0.4, 0.5) is 13.2 Å². The molecule has 0 spiro atoms. The van der Waals surface area contributed by atoms with Crippen molar-refractivity contribution >= 4 is 24.6 Å². The van der Waals surface area contributed by atoms with E-state index < -0.39 is 15.6 Å². The minimum Gasteiger partial charge on any atom is -0.741 e. The second-order valence-corrected chi connectivity index (χ2v) is 9.47. The van der Waals surface area contributed by atoms with Gasteiger partial charge < -0.3 is 4.55 Å². The molecular weight excluding hydrogens is 364 g/mol. The maximum absolute atomic E-state index is 10.9. The van der Waals surface area contributed by atoms with Gasteiger partial charge in [-0.3, -0.25) is 0 Å². The lowest BCUT2D eigenvalue weighted by Gasteiger charge is -2.22. The van der Waals surface area contributed by atoms with Crippen molar-refractivity contribution in [2.45, 2.75) is 69.0 Å². The van der Waals surface area contributed by atoms with Crippen LogP contribution in [0.25, 0.3) is 0 Å². The molecule has 2 rings (SSSR count). The van der Waals surface area contributed by atoms with Gasteiger partial charge in [0.05, 0.1) is 17.4 Å². The van der Waals surface area contributed by atoms with Gasteiger partial charge in [0, 0.05) is 0 Å². The van der Waals surface area contributed by atoms with Gasteiger partial charge >= 0.3 is 5.51 Å². The molecule has 0 amide bonds. The molecule has 0 aromatic carbocycles. The van der Waals surface area contributed by atoms with E-state index in [0.29, 0.717) is 14.2 Å². The smallest absolute Gasteiger partial charge is 0.485 e. The molecule has 2 aliphatic carbocycles. The lowest BCUT2D eigenvalue weighted by atomic mass is 9.91. The lowest BCUT2D eigenvalue weighted by molar-refractivity contribution is -0.0517. The average molecular weight is 388 g/mol. The number of hydrogen-bond acceptors (Lipinski definition) is 4. The molecule has 0 aromatic heterocycles. The summed E-state index contributed by atoms with van der Waals surface area (Å²) in [4.78, 5) is 10.9. The molecule has 0 bridgehead atoms. The number of carbonyl (C=O) groups excluding carboxylic acids is 1. The minimum absolute atomic E-state index is 0.481. The zero-order valence-corrected chi connectivity index (χ0v) is 15.4. The van der Waals surface area contributed by atoms with Gasteiger partial charge in [-0.15, -0.1) is 0 Å². The SMILES string of the molecule is O=C=C1CCCCC1[PH2+]CC1CCCCC1.O=S(=O)([O-])C(F)(F)F. The van der Waals surface area contributed by atoms with E-state index in [9.17, 15) is 18.0 Å². The summed E-state index contributed by atoms with van der Waals surface area (Å²) in [6.45, 7) is 0. The number of rotatable bonds is 3.